The Morgan fingerprint density at radius 2 is 1.44 bits per heavy atom. The number of nitrogens with zero attached hydrogens (tertiary/aromatic N) is 3. The number of amides is 1. The molecule has 0 spiro atoms. The van der Waals surface area contributed by atoms with E-state index in [0.29, 0.717) is 18.7 Å². The highest BCUT2D eigenvalue weighted by atomic mass is 32.2. The van der Waals surface area contributed by atoms with Gasteiger partial charge in [-0.3, -0.25) is 4.79 Å². The molecule has 0 saturated carbocycles. The lowest BCUT2D eigenvalue weighted by Crippen LogP contribution is -2.38. The van der Waals surface area contributed by atoms with E-state index < -0.39 is 10.0 Å². The van der Waals surface area contributed by atoms with Crippen molar-refractivity contribution >= 4 is 27.3 Å². The zero-order chi connectivity index (χ0) is 22.7. The molecule has 4 rings (SSSR count). The van der Waals surface area contributed by atoms with Gasteiger partial charge in [-0.25, -0.2) is 8.42 Å². The van der Waals surface area contributed by atoms with Gasteiger partial charge < -0.3 is 9.80 Å². The molecule has 2 aromatic rings. The Kier molecular flexibility index (Phi) is 6.86. The minimum absolute atomic E-state index is 0.214. The fourth-order valence-corrected chi connectivity index (χ4v) is 6.33. The number of anilines is 2. The van der Waals surface area contributed by atoms with Crippen molar-refractivity contribution in [2.75, 3.05) is 43.0 Å². The summed E-state index contributed by atoms with van der Waals surface area (Å²) in [6.07, 6.45) is 6.10. The number of benzene rings is 2. The lowest BCUT2D eigenvalue weighted by molar-refractivity contribution is 0.0993. The quantitative estimate of drug-likeness (QED) is 0.669. The molecular weight excluding hydrogens is 422 g/mol. The van der Waals surface area contributed by atoms with Gasteiger partial charge >= 0.3 is 0 Å². The second kappa shape index (κ2) is 9.63. The predicted octanol–water partition coefficient (Wildman–Crippen LogP) is 4.44. The molecule has 0 aromatic heterocycles. The van der Waals surface area contributed by atoms with Crippen LogP contribution < -0.4 is 9.80 Å². The number of sulfonamides is 1. The highest BCUT2D eigenvalue weighted by Gasteiger charge is 2.31. The summed E-state index contributed by atoms with van der Waals surface area (Å²) in [5, 5.41) is 0. The minimum atomic E-state index is -3.67. The second-order valence-electron chi connectivity index (χ2n) is 8.89. The molecule has 2 saturated heterocycles. The highest BCUT2D eigenvalue weighted by Crippen LogP contribution is 2.33. The molecule has 7 heteroatoms. The Labute approximate surface area is 191 Å². The van der Waals surface area contributed by atoms with Crippen molar-refractivity contribution in [3.63, 3.8) is 0 Å². The van der Waals surface area contributed by atoms with Gasteiger partial charge in [0.1, 0.15) is 4.90 Å². The molecule has 0 atom stereocenters. The third kappa shape index (κ3) is 4.69. The van der Waals surface area contributed by atoms with Crippen molar-refractivity contribution in [3.8, 4) is 0 Å². The first-order chi connectivity index (χ1) is 15.4. The number of rotatable bonds is 5. The molecule has 2 aromatic carbocycles. The van der Waals surface area contributed by atoms with Crippen LogP contribution in [0.4, 0.5) is 11.4 Å². The van der Waals surface area contributed by atoms with Gasteiger partial charge in [0.2, 0.25) is 10.0 Å². The SMILES string of the molecule is Cc1ccc(N(C)C(=O)c2ccc(N3CCCCC3)c(S(=O)(=O)N3CCCCC3)c2)cc1. The molecule has 2 aliphatic rings. The van der Waals surface area contributed by atoms with Crippen molar-refractivity contribution in [2.45, 2.75) is 50.3 Å². The molecule has 0 aliphatic carbocycles. The third-order valence-electron chi connectivity index (χ3n) is 6.56. The molecule has 0 bridgehead atoms. The van der Waals surface area contributed by atoms with Crippen LogP contribution in [0, 0.1) is 6.92 Å². The van der Waals surface area contributed by atoms with E-state index in [9.17, 15) is 13.2 Å². The van der Waals surface area contributed by atoms with Crippen LogP contribution in [0.2, 0.25) is 0 Å². The van der Waals surface area contributed by atoms with E-state index in [4.69, 9.17) is 0 Å². The Morgan fingerprint density at radius 1 is 0.844 bits per heavy atom. The molecule has 172 valence electrons. The summed E-state index contributed by atoms with van der Waals surface area (Å²) in [6, 6.07) is 12.9. The number of aryl methyl sites for hydroxylation is 1. The smallest absolute Gasteiger partial charge is 0.258 e. The molecule has 0 N–H and O–H groups in total. The molecular formula is C25H33N3O3S. The van der Waals surface area contributed by atoms with Gasteiger partial charge in [-0.1, -0.05) is 24.1 Å². The van der Waals surface area contributed by atoms with Crippen molar-refractivity contribution < 1.29 is 13.2 Å². The second-order valence-corrected chi connectivity index (χ2v) is 10.8. The maximum absolute atomic E-state index is 13.7. The lowest BCUT2D eigenvalue weighted by Gasteiger charge is -2.33. The normalized spacial score (nSPS) is 17.9. The minimum Gasteiger partial charge on any atom is -0.370 e. The monoisotopic (exact) mass is 455 g/mol. The van der Waals surface area contributed by atoms with Gasteiger partial charge in [-0.15, -0.1) is 0 Å². The standard InChI is InChI=1S/C25H33N3O3S/c1-20-9-12-22(13-10-20)26(2)25(29)21-11-14-23(27-15-5-3-6-16-27)24(19-21)32(30,31)28-17-7-4-8-18-28/h9-14,19H,3-8,15-18H2,1-2H3. The van der Waals surface area contributed by atoms with Crippen LogP contribution in [0.5, 0.6) is 0 Å². The number of hydrogen-bond acceptors (Lipinski definition) is 4. The summed E-state index contributed by atoms with van der Waals surface area (Å²) in [5.41, 5.74) is 3.02. The van der Waals surface area contributed by atoms with Crippen molar-refractivity contribution in [2.24, 2.45) is 0 Å². The van der Waals surface area contributed by atoms with Crippen LogP contribution in [-0.2, 0) is 10.0 Å². The summed E-state index contributed by atoms with van der Waals surface area (Å²) in [6.45, 7) is 4.78. The van der Waals surface area contributed by atoms with E-state index in [0.717, 1.165) is 62.1 Å². The molecule has 1 amide bonds. The number of piperidine rings is 2. The van der Waals surface area contributed by atoms with Gasteiger partial charge in [0.15, 0.2) is 0 Å². The predicted molar refractivity (Wildman–Crippen MR) is 129 cm³/mol. The highest BCUT2D eigenvalue weighted by molar-refractivity contribution is 7.89. The molecule has 6 nitrogen and oxygen atoms in total. The molecule has 2 aliphatic heterocycles. The first-order valence-corrected chi connectivity index (χ1v) is 13.1. The van der Waals surface area contributed by atoms with Gasteiger partial charge in [0.25, 0.3) is 5.91 Å². The maximum Gasteiger partial charge on any atom is 0.258 e. The first-order valence-electron chi connectivity index (χ1n) is 11.6. The first kappa shape index (κ1) is 22.8. The fourth-order valence-electron chi connectivity index (χ4n) is 4.57. The maximum atomic E-state index is 13.7. The van der Waals surface area contributed by atoms with Gasteiger partial charge in [-0.2, -0.15) is 4.31 Å². The molecule has 2 fully saturated rings. The van der Waals surface area contributed by atoms with E-state index in [1.54, 1.807) is 28.4 Å². The van der Waals surface area contributed by atoms with Crippen molar-refractivity contribution in [1.29, 1.82) is 0 Å². The van der Waals surface area contributed by atoms with Crippen molar-refractivity contribution in [3.05, 3.63) is 53.6 Å². The Bertz CT molecular complexity index is 1050. The number of carbonyl (C=O) groups is 1. The van der Waals surface area contributed by atoms with E-state index in [1.165, 1.54) is 6.42 Å². The summed E-state index contributed by atoms with van der Waals surface area (Å²) < 4.78 is 28.9. The van der Waals surface area contributed by atoms with Crippen molar-refractivity contribution in [1.82, 2.24) is 4.31 Å². The average Bonchev–Trinajstić information content (AvgIpc) is 2.84. The van der Waals surface area contributed by atoms with Crippen LogP contribution >= 0.6 is 0 Å². The molecule has 2 heterocycles. The van der Waals surface area contributed by atoms with E-state index >= 15 is 0 Å². The van der Waals surface area contributed by atoms with Crippen LogP contribution in [0.3, 0.4) is 0 Å². The summed E-state index contributed by atoms with van der Waals surface area (Å²) in [7, 11) is -1.95. The van der Waals surface area contributed by atoms with E-state index in [-0.39, 0.29) is 10.8 Å². The lowest BCUT2D eigenvalue weighted by atomic mass is 10.1. The van der Waals surface area contributed by atoms with E-state index in [1.807, 2.05) is 37.3 Å². The Hall–Kier alpha value is -2.38. The average molecular weight is 456 g/mol. The fraction of sp³-hybridized carbons (Fsp3) is 0.480. The van der Waals surface area contributed by atoms with Crippen LogP contribution in [0.15, 0.2) is 47.4 Å². The molecule has 0 unspecified atom stereocenters. The van der Waals surface area contributed by atoms with Crippen LogP contribution in [0.25, 0.3) is 0 Å². The topological polar surface area (TPSA) is 60.9 Å². The zero-order valence-electron chi connectivity index (χ0n) is 19.1. The Morgan fingerprint density at radius 3 is 2.06 bits per heavy atom. The van der Waals surface area contributed by atoms with Gasteiger partial charge in [-0.05, 0) is 69.4 Å². The zero-order valence-corrected chi connectivity index (χ0v) is 19.9. The molecule has 32 heavy (non-hydrogen) atoms. The van der Waals surface area contributed by atoms with Crippen LogP contribution in [-0.4, -0.2) is 51.9 Å². The number of carbonyl (C=O) groups excluding carboxylic acids is 1. The van der Waals surface area contributed by atoms with Gasteiger partial charge in [0, 0.05) is 44.5 Å². The number of hydrogen-bond donors (Lipinski definition) is 0. The summed E-state index contributed by atoms with van der Waals surface area (Å²) in [5.74, 6) is -0.214. The third-order valence-corrected chi connectivity index (χ3v) is 8.49. The Balaban J connectivity index is 1.72. The van der Waals surface area contributed by atoms with Gasteiger partial charge in [0.05, 0.1) is 5.69 Å². The summed E-state index contributed by atoms with van der Waals surface area (Å²) in [4.78, 5) is 17.3. The largest absolute Gasteiger partial charge is 0.370 e. The van der Waals surface area contributed by atoms with E-state index in [2.05, 4.69) is 4.90 Å². The molecule has 0 radical (unpaired) electrons. The summed E-state index contributed by atoms with van der Waals surface area (Å²) >= 11 is 0. The van der Waals surface area contributed by atoms with Crippen LogP contribution in [0.1, 0.15) is 54.4 Å².